The topological polar surface area (TPSA) is 236 Å². The maximum absolute atomic E-state index is 14.3. The van der Waals surface area contributed by atoms with E-state index in [4.69, 9.17) is 30.1 Å². The Morgan fingerprint density at radius 2 is 1.61 bits per heavy atom. The standard InChI is InChI=1S/C48H57F3N14O6/c1-27(2)65-45-39(43(52)55-26-56-45)40(59-65)41-38(42(71-60-41)30-3-4-30)44-53-22-31(23-54-44)29-11-15-64(16-12-29)47(69)70-25-37(67)63-13-9-28(10-14-63)24-61-17-19-62(20-18-61)35-7-5-32(21-33(35)48(49,50)51)57-34-6-8-36(66)58-46(34)68/h5,7,21-23,26-30,34,57H,3-4,6,8-20,24-25H2,1-2H3,(H2,52,55,56)(H,58,66,68). The van der Waals surface area contributed by atoms with Crippen LogP contribution in [0.25, 0.3) is 33.8 Å². The lowest BCUT2D eigenvalue weighted by atomic mass is 9.91. The van der Waals surface area contributed by atoms with Gasteiger partial charge in [0.15, 0.2) is 23.8 Å². The number of rotatable bonds is 12. The normalized spacial score (nSPS) is 20.0. The van der Waals surface area contributed by atoms with Gasteiger partial charge in [0.1, 0.15) is 29.6 Å². The van der Waals surface area contributed by atoms with Gasteiger partial charge in [-0.1, -0.05) is 5.16 Å². The number of alkyl halides is 3. The highest BCUT2D eigenvalue weighted by atomic mass is 19.4. The molecule has 0 bridgehead atoms. The maximum atomic E-state index is 14.3. The highest BCUT2D eigenvalue weighted by Gasteiger charge is 2.39. The van der Waals surface area contributed by atoms with Crippen molar-refractivity contribution in [3.05, 3.63) is 53.8 Å². The molecule has 1 aliphatic carbocycles. The van der Waals surface area contributed by atoms with Gasteiger partial charge in [0, 0.05) is 101 Å². The molecule has 1 aromatic carbocycles. The number of aromatic nitrogens is 7. The van der Waals surface area contributed by atoms with Crippen molar-refractivity contribution >= 4 is 52.0 Å². The molecule has 8 heterocycles. The third-order valence-corrected chi connectivity index (χ3v) is 14.4. The number of hydrogen-bond acceptors (Lipinski definition) is 16. The molecular formula is C48H57F3N14O6. The SMILES string of the molecule is CC(C)n1nc(-c2noc(C3CC3)c2-c2ncc(C3CCN(C(=O)OCC(=O)N4CCC(CN5CCN(c6ccc(NC7CCC(=O)NC7=O)cc6C(F)(F)F)CC5)CC4)CC3)cn2)c2c(N)ncnc21. The van der Waals surface area contributed by atoms with Gasteiger partial charge in [0.25, 0.3) is 5.91 Å². The molecule has 4 aromatic heterocycles. The minimum absolute atomic E-state index is 0.00244. The molecule has 4 aliphatic heterocycles. The third-order valence-electron chi connectivity index (χ3n) is 14.4. The second-order valence-corrected chi connectivity index (χ2v) is 19.5. The number of ether oxygens (including phenoxy) is 1. The number of anilines is 3. The summed E-state index contributed by atoms with van der Waals surface area (Å²) in [6, 6.07) is 3.22. The smallest absolute Gasteiger partial charge is 0.418 e. The van der Waals surface area contributed by atoms with Crippen LogP contribution < -0.4 is 21.3 Å². The fourth-order valence-electron chi connectivity index (χ4n) is 10.3. The molecule has 1 unspecified atom stereocenters. The number of fused-ring (bicyclic) bond motifs is 1. The van der Waals surface area contributed by atoms with Crippen LogP contribution in [-0.2, 0) is 25.3 Å². The van der Waals surface area contributed by atoms with Crippen LogP contribution in [0.3, 0.4) is 0 Å². The van der Waals surface area contributed by atoms with Crippen LogP contribution in [0, 0.1) is 5.92 Å². The van der Waals surface area contributed by atoms with Gasteiger partial charge in [-0.2, -0.15) is 18.3 Å². The van der Waals surface area contributed by atoms with Gasteiger partial charge < -0.3 is 35.0 Å². The van der Waals surface area contributed by atoms with Crippen molar-refractivity contribution in [3.63, 3.8) is 0 Å². The molecule has 5 aliphatic rings. The number of imide groups is 1. The molecule has 4 saturated heterocycles. The second-order valence-electron chi connectivity index (χ2n) is 19.5. The number of halogens is 3. The molecule has 0 radical (unpaired) electrons. The molecule has 1 atom stereocenters. The summed E-state index contributed by atoms with van der Waals surface area (Å²) in [6.07, 6.45) is 5.08. The van der Waals surface area contributed by atoms with Crippen molar-refractivity contribution in [2.75, 3.05) is 81.5 Å². The van der Waals surface area contributed by atoms with Gasteiger partial charge in [-0.05, 0) is 94.4 Å². The zero-order chi connectivity index (χ0) is 49.6. The number of piperazine rings is 1. The van der Waals surface area contributed by atoms with E-state index in [1.165, 1.54) is 12.4 Å². The van der Waals surface area contributed by atoms with Crippen molar-refractivity contribution in [2.45, 2.75) is 95.3 Å². The molecule has 10 rings (SSSR count). The van der Waals surface area contributed by atoms with Crippen molar-refractivity contribution in [1.82, 2.24) is 54.9 Å². The van der Waals surface area contributed by atoms with Gasteiger partial charge >= 0.3 is 12.3 Å². The Hall–Kier alpha value is -6.91. The minimum Gasteiger partial charge on any atom is -0.439 e. The van der Waals surface area contributed by atoms with Crippen LogP contribution in [0.2, 0.25) is 0 Å². The van der Waals surface area contributed by atoms with Crippen LogP contribution in [0.15, 0.2) is 41.4 Å². The molecule has 376 valence electrons. The lowest BCUT2D eigenvalue weighted by Crippen LogP contribution is -2.50. The number of carbonyl (C=O) groups excluding carboxylic acids is 4. The van der Waals surface area contributed by atoms with Crippen LogP contribution in [-0.4, -0.2) is 145 Å². The summed E-state index contributed by atoms with van der Waals surface area (Å²) in [4.78, 5) is 75.7. The van der Waals surface area contributed by atoms with Gasteiger partial charge in [-0.25, -0.2) is 29.4 Å². The van der Waals surface area contributed by atoms with Crippen LogP contribution in [0.1, 0.15) is 100.0 Å². The zero-order valence-electron chi connectivity index (χ0n) is 39.7. The number of nitrogens with zero attached hydrogens (tertiary/aromatic N) is 11. The Morgan fingerprint density at radius 3 is 2.28 bits per heavy atom. The van der Waals surface area contributed by atoms with Crippen molar-refractivity contribution < 1.29 is 41.6 Å². The Morgan fingerprint density at radius 1 is 0.887 bits per heavy atom. The average molecular weight is 983 g/mol. The van der Waals surface area contributed by atoms with E-state index in [1.54, 1.807) is 25.4 Å². The zero-order valence-corrected chi connectivity index (χ0v) is 39.7. The predicted octanol–water partition coefficient (Wildman–Crippen LogP) is 5.59. The summed E-state index contributed by atoms with van der Waals surface area (Å²) in [6.45, 7) is 8.43. The number of benzene rings is 1. The number of piperidine rings is 3. The van der Waals surface area contributed by atoms with Crippen molar-refractivity contribution in [1.29, 1.82) is 0 Å². The average Bonchev–Trinajstić information content (AvgIpc) is 3.99. The number of nitrogens with one attached hydrogen (secondary N) is 2. The molecule has 5 aromatic rings. The highest BCUT2D eigenvalue weighted by molar-refractivity contribution is 6.02. The minimum atomic E-state index is -4.61. The summed E-state index contributed by atoms with van der Waals surface area (Å²) in [7, 11) is 0. The highest BCUT2D eigenvalue weighted by Crippen LogP contribution is 2.48. The maximum Gasteiger partial charge on any atom is 0.418 e. The largest absolute Gasteiger partial charge is 0.439 e. The number of nitrogen functional groups attached to an aromatic ring is 1. The van der Waals surface area contributed by atoms with Crippen molar-refractivity contribution in [3.8, 4) is 22.8 Å². The summed E-state index contributed by atoms with van der Waals surface area (Å²) in [5.41, 5.74) is 9.07. The molecule has 4 amide bonds. The van der Waals surface area contributed by atoms with Crippen molar-refractivity contribution in [2.24, 2.45) is 5.92 Å². The summed E-state index contributed by atoms with van der Waals surface area (Å²) in [5.74, 6) is 0.930. The molecule has 20 nitrogen and oxygen atoms in total. The second kappa shape index (κ2) is 19.7. The fraction of sp³-hybridized carbons (Fsp3) is 0.542. The number of likely N-dealkylation sites (tertiary alicyclic amines) is 2. The van der Waals surface area contributed by atoms with Crippen LogP contribution in [0.4, 0.5) is 35.2 Å². The van der Waals surface area contributed by atoms with E-state index in [0.717, 1.165) is 49.6 Å². The summed E-state index contributed by atoms with van der Waals surface area (Å²) >= 11 is 0. The Bertz CT molecular complexity index is 2790. The van der Waals surface area contributed by atoms with E-state index >= 15 is 0 Å². The van der Waals surface area contributed by atoms with Gasteiger partial charge in [-0.15, -0.1) is 0 Å². The molecule has 1 saturated carbocycles. The van der Waals surface area contributed by atoms with Gasteiger partial charge in [0.2, 0.25) is 11.8 Å². The van der Waals surface area contributed by atoms with E-state index in [9.17, 15) is 32.3 Å². The lowest BCUT2D eigenvalue weighted by molar-refractivity contribution is -0.137. The molecule has 4 N–H and O–H groups in total. The van der Waals surface area contributed by atoms with Gasteiger partial charge in [-0.3, -0.25) is 24.6 Å². The molecule has 0 spiro atoms. The van der Waals surface area contributed by atoms with Crippen LogP contribution >= 0.6 is 0 Å². The Kier molecular flexibility index (Phi) is 13.3. The first-order valence-corrected chi connectivity index (χ1v) is 24.5. The number of amides is 4. The van der Waals surface area contributed by atoms with Gasteiger partial charge in [0.05, 0.1) is 16.5 Å². The number of carbonyl (C=O) groups is 4. The van der Waals surface area contributed by atoms with E-state index < -0.39 is 35.7 Å². The molecule has 5 fully saturated rings. The van der Waals surface area contributed by atoms with E-state index in [0.29, 0.717) is 111 Å². The monoisotopic (exact) mass is 982 g/mol. The first-order chi connectivity index (χ1) is 34.2. The molecular weight excluding hydrogens is 926 g/mol. The van der Waals surface area contributed by atoms with Crippen LogP contribution in [0.5, 0.6) is 0 Å². The molecule has 23 heteroatoms. The Labute approximate surface area is 406 Å². The number of hydrogen-bond donors (Lipinski definition) is 3. The van der Waals surface area contributed by atoms with E-state index in [-0.39, 0.29) is 54.6 Å². The fourth-order valence-corrected chi connectivity index (χ4v) is 10.3. The lowest BCUT2D eigenvalue weighted by Gasteiger charge is -2.40. The number of nitrogens with two attached hydrogens (primary N) is 1. The van der Waals surface area contributed by atoms with E-state index in [1.807, 2.05) is 26.2 Å². The quantitative estimate of drug-likeness (QED) is 0.129. The van der Waals surface area contributed by atoms with E-state index in [2.05, 4.69) is 30.7 Å². The summed E-state index contributed by atoms with van der Waals surface area (Å²) in [5, 5.41) is 15.0. The first-order valence-electron chi connectivity index (χ1n) is 24.5. The summed E-state index contributed by atoms with van der Waals surface area (Å²) < 4.78 is 56.2. The first kappa shape index (κ1) is 47.8. The predicted molar refractivity (Wildman–Crippen MR) is 253 cm³/mol. The Balaban J connectivity index is 0.667. The molecule has 71 heavy (non-hydrogen) atoms. The third kappa shape index (κ3) is 10.2.